The molecular formula is C19H33N5. The van der Waals surface area contributed by atoms with Gasteiger partial charge in [-0.15, -0.1) is 0 Å². The van der Waals surface area contributed by atoms with Crippen LogP contribution in [0.5, 0.6) is 0 Å². The van der Waals surface area contributed by atoms with Gasteiger partial charge in [-0.3, -0.25) is 4.99 Å². The van der Waals surface area contributed by atoms with Gasteiger partial charge >= 0.3 is 0 Å². The zero-order chi connectivity index (χ0) is 17.5. The minimum absolute atomic E-state index is 0.780. The highest BCUT2D eigenvalue weighted by Crippen LogP contribution is 2.28. The van der Waals surface area contributed by atoms with Crippen LogP contribution in [0.1, 0.15) is 38.7 Å². The fourth-order valence-corrected chi connectivity index (χ4v) is 3.65. The fourth-order valence-electron chi connectivity index (χ4n) is 3.65. The molecule has 5 nitrogen and oxygen atoms in total. The Balaban J connectivity index is 1.93. The predicted molar refractivity (Wildman–Crippen MR) is 103 cm³/mol. The van der Waals surface area contributed by atoms with Crippen LogP contribution < -0.4 is 10.2 Å². The van der Waals surface area contributed by atoms with Gasteiger partial charge in [-0.05, 0) is 36.0 Å². The van der Waals surface area contributed by atoms with Crippen LogP contribution >= 0.6 is 0 Å². The molecule has 1 N–H and O–H groups in total. The SMILES string of the molecule is CCC(CC)C1CCN(C(=NC)NCc2ccnc(N(C)C)c2)C1. The Labute approximate surface area is 147 Å². The van der Waals surface area contributed by atoms with E-state index in [9.17, 15) is 0 Å². The molecule has 2 rings (SSSR count). The molecule has 0 saturated carbocycles. The Morgan fingerprint density at radius 2 is 2.17 bits per heavy atom. The maximum absolute atomic E-state index is 4.49. The van der Waals surface area contributed by atoms with Gasteiger partial charge in [-0.25, -0.2) is 4.98 Å². The van der Waals surface area contributed by atoms with Gasteiger partial charge in [-0.1, -0.05) is 26.7 Å². The fraction of sp³-hybridized carbons (Fsp3) is 0.684. The molecule has 0 radical (unpaired) electrons. The van der Waals surface area contributed by atoms with Crippen molar-refractivity contribution in [2.24, 2.45) is 16.8 Å². The van der Waals surface area contributed by atoms with Crippen molar-refractivity contribution in [3.05, 3.63) is 23.9 Å². The van der Waals surface area contributed by atoms with E-state index in [1.165, 1.54) is 24.8 Å². The first-order valence-corrected chi connectivity index (χ1v) is 9.16. The van der Waals surface area contributed by atoms with E-state index in [2.05, 4.69) is 46.2 Å². The van der Waals surface area contributed by atoms with Crippen LogP contribution in [0, 0.1) is 11.8 Å². The minimum Gasteiger partial charge on any atom is -0.363 e. The molecule has 1 unspecified atom stereocenters. The lowest BCUT2D eigenvalue weighted by Crippen LogP contribution is -2.40. The second-order valence-corrected chi connectivity index (χ2v) is 6.89. The Morgan fingerprint density at radius 3 is 2.79 bits per heavy atom. The monoisotopic (exact) mass is 331 g/mol. The van der Waals surface area contributed by atoms with Crippen LogP contribution in [0.25, 0.3) is 0 Å². The molecule has 2 heterocycles. The Morgan fingerprint density at radius 1 is 1.42 bits per heavy atom. The molecule has 0 bridgehead atoms. The van der Waals surface area contributed by atoms with E-state index in [4.69, 9.17) is 0 Å². The summed E-state index contributed by atoms with van der Waals surface area (Å²) in [6.07, 6.45) is 5.72. The third-order valence-electron chi connectivity index (χ3n) is 5.17. The summed E-state index contributed by atoms with van der Waals surface area (Å²) in [6.45, 7) is 7.65. The zero-order valence-corrected chi connectivity index (χ0v) is 15.9. The van der Waals surface area contributed by atoms with Gasteiger partial charge in [0.2, 0.25) is 0 Å². The van der Waals surface area contributed by atoms with E-state index in [1.54, 1.807) is 0 Å². The Hall–Kier alpha value is -1.78. The molecule has 0 aliphatic carbocycles. The molecule has 1 saturated heterocycles. The summed E-state index contributed by atoms with van der Waals surface area (Å²) in [7, 11) is 5.91. The van der Waals surface area contributed by atoms with Crippen molar-refractivity contribution in [3.63, 3.8) is 0 Å². The number of pyridine rings is 1. The maximum atomic E-state index is 4.49. The number of hydrogen-bond donors (Lipinski definition) is 1. The van der Waals surface area contributed by atoms with Gasteiger partial charge < -0.3 is 15.1 Å². The third-order valence-corrected chi connectivity index (χ3v) is 5.17. The Kier molecular flexibility index (Phi) is 6.88. The van der Waals surface area contributed by atoms with E-state index in [0.29, 0.717) is 0 Å². The molecular weight excluding hydrogens is 298 g/mol. The van der Waals surface area contributed by atoms with Crippen molar-refractivity contribution < 1.29 is 0 Å². The zero-order valence-electron chi connectivity index (χ0n) is 15.9. The van der Waals surface area contributed by atoms with Crippen LogP contribution in [-0.4, -0.2) is 50.1 Å². The van der Waals surface area contributed by atoms with Gasteiger partial charge in [-0.2, -0.15) is 0 Å². The van der Waals surface area contributed by atoms with Crippen molar-refractivity contribution in [2.45, 2.75) is 39.7 Å². The second kappa shape index (κ2) is 8.90. The van der Waals surface area contributed by atoms with Crippen molar-refractivity contribution in [3.8, 4) is 0 Å². The van der Waals surface area contributed by atoms with E-state index >= 15 is 0 Å². The van der Waals surface area contributed by atoms with Crippen LogP contribution in [-0.2, 0) is 6.54 Å². The predicted octanol–water partition coefficient (Wildman–Crippen LogP) is 2.98. The summed E-state index contributed by atoms with van der Waals surface area (Å²) in [5, 5.41) is 3.52. The van der Waals surface area contributed by atoms with E-state index in [0.717, 1.165) is 43.2 Å². The van der Waals surface area contributed by atoms with E-state index in [-0.39, 0.29) is 0 Å². The number of likely N-dealkylation sites (tertiary alicyclic amines) is 1. The number of aromatic nitrogens is 1. The number of guanidine groups is 1. The molecule has 1 fully saturated rings. The van der Waals surface area contributed by atoms with Gasteiger partial charge in [0.05, 0.1) is 0 Å². The van der Waals surface area contributed by atoms with Crippen LogP contribution in [0.4, 0.5) is 5.82 Å². The summed E-state index contributed by atoms with van der Waals surface area (Å²) in [6, 6.07) is 4.18. The van der Waals surface area contributed by atoms with Gasteiger partial charge in [0.25, 0.3) is 0 Å². The molecule has 1 aromatic heterocycles. The van der Waals surface area contributed by atoms with Crippen LogP contribution in [0.2, 0.25) is 0 Å². The number of nitrogens with one attached hydrogen (secondary N) is 1. The van der Waals surface area contributed by atoms with Gasteiger partial charge in [0.15, 0.2) is 5.96 Å². The van der Waals surface area contributed by atoms with Crippen LogP contribution in [0.15, 0.2) is 23.3 Å². The number of aliphatic imine (C=N–C) groups is 1. The van der Waals surface area contributed by atoms with E-state index in [1.807, 2.05) is 32.2 Å². The molecule has 0 aromatic carbocycles. The molecule has 1 aromatic rings. The summed E-state index contributed by atoms with van der Waals surface area (Å²) in [5.41, 5.74) is 1.23. The van der Waals surface area contributed by atoms with Crippen molar-refractivity contribution in [1.29, 1.82) is 0 Å². The average molecular weight is 332 g/mol. The topological polar surface area (TPSA) is 43.8 Å². The number of anilines is 1. The number of rotatable bonds is 6. The van der Waals surface area contributed by atoms with Crippen molar-refractivity contribution in [2.75, 3.05) is 39.1 Å². The highest BCUT2D eigenvalue weighted by molar-refractivity contribution is 5.80. The molecule has 134 valence electrons. The average Bonchev–Trinajstić information content (AvgIpc) is 3.06. The van der Waals surface area contributed by atoms with Crippen molar-refractivity contribution >= 4 is 11.8 Å². The minimum atomic E-state index is 0.780. The largest absolute Gasteiger partial charge is 0.363 e. The quantitative estimate of drug-likeness (QED) is 0.643. The smallest absolute Gasteiger partial charge is 0.193 e. The molecule has 0 amide bonds. The molecule has 0 spiro atoms. The standard InChI is InChI=1S/C19H33N5/c1-6-16(7-2)17-9-11-24(14-17)19(20-3)22-13-15-8-10-21-18(12-15)23(4)5/h8,10,12,16-17H,6-7,9,11,13-14H2,1-5H3,(H,20,22). The molecule has 1 atom stereocenters. The first kappa shape index (κ1) is 18.6. The molecule has 5 heteroatoms. The first-order chi connectivity index (χ1) is 11.6. The normalized spacial score (nSPS) is 18.3. The summed E-state index contributed by atoms with van der Waals surface area (Å²) in [5.74, 6) is 3.65. The van der Waals surface area contributed by atoms with Crippen LogP contribution in [0.3, 0.4) is 0 Å². The number of hydrogen-bond acceptors (Lipinski definition) is 3. The highest BCUT2D eigenvalue weighted by Gasteiger charge is 2.29. The first-order valence-electron chi connectivity index (χ1n) is 9.16. The number of nitrogens with zero attached hydrogens (tertiary/aromatic N) is 4. The third kappa shape index (κ3) is 4.62. The van der Waals surface area contributed by atoms with Crippen molar-refractivity contribution in [1.82, 2.24) is 15.2 Å². The lowest BCUT2D eigenvalue weighted by atomic mass is 9.87. The van der Waals surface area contributed by atoms with Gasteiger partial charge in [0.1, 0.15) is 5.82 Å². The molecule has 1 aliphatic rings. The summed E-state index contributed by atoms with van der Waals surface area (Å²) in [4.78, 5) is 13.3. The summed E-state index contributed by atoms with van der Waals surface area (Å²) < 4.78 is 0. The molecule has 24 heavy (non-hydrogen) atoms. The highest BCUT2D eigenvalue weighted by atomic mass is 15.3. The second-order valence-electron chi connectivity index (χ2n) is 6.89. The Bertz CT molecular complexity index is 536. The summed E-state index contributed by atoms with van der Waals surface area (Å²) >= 11 is 0. The maximum Gasteiger partial charge on any atom is 0.193 e. The van der Waals surface area contributed by atoms with E-state index < -0.39 is 0 Å². The van der Waals surface area contributed by atoms with Gasteiger partial charge in [0, 0.05) is 47.0 Å². The molecule has 1 aliphatic heterocycles. The lowest BCUT2D eigenvalue weighted by Gasteiger charge is -2.24. The lowest BCUT2D eigenvalue weighted by molar-refractivity contribution is 0.319.